The van der Waals surface area contributed by atoms with Gasteiger partial charge >= 0.3 is 0 Å². The van der Waals surface area contributed by atoms with Crippen molar-refractivity contribution < 1.29 is 0 Å². The van der Waals surface area contributed by atoms with Crippen LogP contribution in [0.4, 0.5) is 5.82 Å². The molecule has 1 rings (SSSR count). The van der Waals surface area contributed by atoms with E-state index in [2.05, 4.69) is 15.6 Å². The van der Waals surface area contributed by atoms with Crippen molar-refractivity contribution in [3.05, 3.63) is 18.3 Å². The van der Waals surface area contributed by atoms with Gasteiger partial charge in [-0.2, -0.15) is 5.10 Å². The molecule has 0 saturated carbocycles. The number of rotatable bonds is 1. The molecule has 0 unspecified atom stereocenters. The van der Waals surface area contributed by atoms with Crippen LogP contribution in [0.3, 0.4) is 0 Å². The van der Waals surface area contributed by atoms with Crippen LogP contribution < -0.4 is 11.3 Å². The molecule has 58 valence electrons. The van der Waals surface area contributed by atoms with Crippen LogP contribution in [0.15, 0.2) is 18.3 Å². The first-order valence-electron chi connectivity index (χ1n) is 2.18. The van der Waals surface area contributed by atoms with Crippen LogP contribution in [0.2, 0.25) is 0 Å². The van der Waals surface area contributed by atoms with Crippen LogP contribution in [0, 0.1) is 0 Å². The number of nitrogens with two attached hydrogens (primary N) is 1. The summed E-state index contributed by atoms with van der Waals surface area (Å²) in [6.45, 7) is 0. The lowest BCUT2D eigenvalue weighted by atomic mass is 10.5. The van der Waals surface area contributed by atoms with E-state index in [0.717, 1.165) is 0 Å². The molecule has 0 bridgehead atoms. The van der Waals surface area contributed by atoms with Crippen molar-refractivity contribution in [2.75, 3.05) is 5.43 Å². The largest absolute Gasteiger partial charge is 0.307 e. The van der Waals surface area contributed by atoms with Gasteiger partial charge in [0, 0.05) is 6.20 Å². The van der Waals surface area contributed by atoms with Gasteiger partial charge in [-0.05, 0) is 12.1 Å². The van der Waals surface area contributed by atoms with Crippen molar-refractivity contribution in [1.82, 2.24) is 10.2 Å². The van der Waals surface area contributed by atoms with E-state index in [0.29, 0.717) is 5.82 Å². The number of hydrogen-bond donors (Lipinski definition) is 2. The zero-order valence-electron chi connectivity index (χ0n) is 5.02. The van der Waals surface area contributed by atoms with Crippen LogP contribution in [-0.2, 0) is 0 Å². The third-order valence-electron chi connectivity index (χ3n) is 0.720. The van der Waals surface area contributed by atoms with Crippen LogP contribution in [-0.4, -0.2) is 10.2 Å². The summed E-state index contributed by atoms with van der Waals surface area (Å²) in [5.41, 5.74) is 2.35. The Hall–Kier alpha value is -0.580. The van der Waals surface area contributed by atoms with Gasteiger partial charge in [0.25, 0.3) is 0 Å². The molecule has 1 aromatic heterocycles. The van der Waals surface area contributed by atoms with Gasteiger partial charge in [-0.15, -0.1) is 29.9 Å². The maximum Gasteiger partial charge on any atom is 0.162 e. The topological polar surface area (TPSA) is 63.8 Å². The standard InChI is InChI=1S/C4H6N4.2ClH/c5-7-4-2-1-3-6-8-4;;/h1-3H,5H2,(H,7,8);2*1H. The second-order valence-corrected chi connectivity index (χ2v) is 1.25. The van der Waals surface area contributed by atoms with Crippen molar-refractivity contribution in [3.8, 4) is 0 Å². The molecule has 0 atom stereocenters. The Bertz CT molecular complexity index is 157. The average molecular weight is 183 g/mol. The highest BCUT2D eigenvalue weighted by molar-refractivity contribution is 5.85. The number of aromatic nitrogens is 2. The van der Waals surface area contributed by atoms with Crippen LogP contribution in [0.1, 0.15) is 0 Å². The van der Waals surface area contributed by atoms with Crippen molar-refractivity contribution in [2.45, 2.75) is 0 Å². The third-order valence-corrected chi connectivity index (χ3v) is 0.720. The Kier molecular flexibility index (Phi) is 7.93. The smallest absolute Gasteiger partial charge is 0.162 e. The summed E-state index contributed by atoms with van der Waals surface area (Å²) in [4.78, 5) is 0. The zero-order chi connectivity index (χ0) is 5.82. The SMILES string of the molecule is Cl.Cl.NNc1cccnn1. The summed E-state index contributed by atoms with van der Waals surface area (Å²) >= 11 is 0. The fraction of sp³-hybridized carbons (Fsp3) is 0. The lowest BCUT2D eigenvalue weighted by Crippen LogP contribution is -2.08. The highest BCUT2D eigenvalue weighted by Crippen LogP contribution is 1.91. The van der Waals surface area contributed by atoms with Gasteiger partial charge in [0.2, 0.25) is 0 Å². The van der Waals surface area contributed by atoms with E-state index >= 15 is 0 Å². The highest BCUT2D eigenvalue weighted by atomic mass is 35.5. The number of nitrogens with zero attached hydrogens (tertiary/aromatic N) is 2. The Morgan fingerprint density at radius 2 is 2.10 bits per heavy atom. The van der Waals surface area contributed by atoms with Crippen LogP contribution >= 0.6 is 24.8 Å². The molecular weight excluding hydrogens is 175 g/mol. The first-order valence-corrected chi connectivity index (χ1v) is 2.18. The Balaban J connectivity index is 0. The number of nitrogen functional groups attached to an aromatic ring is 1. The second-order valence-electron chi connectivity index (χ2n) is 1.25. The van der Waals surface area contributed by atoms with Gasteiger partial charge in [0.05, 0.1) is 0 Å². The summed E-state index contributed by atoms with van der Waals surface area (Å²) in [6, 6.07) is 3.48. The Morgan fingerprint density at radius 1 is 1.40 bits per heavy atom. The molecule has 10 heavy (non-hydrogen) atoms. The average Bonchev–Trinajstić information content (AvgIpc) is 1.90. The maximum absolute atomic E-state index is 5.00. The van der Waals surface area contributed by atoms with Crippen molar-refractivity contribution in [1.29, 1.82) is 0 Å². The molecule has 0 aliphatic heterocycles. The predicted octanol–water partition coefficient (Wildman–Crippen LogP) is 0.606. The van der Waals surface area contributed by atoms with E-state index in [-0.39, 0.29) is 24.8 Å². The van der Waals surface area contributed by atoms with Gasteiger partial charge in [-0.1, -0.05) is 0 Å². The highest BCUT2D eigenvalue weighted by Gasteiger charge is 1.81. The molecule has 0 spiro atoms. The number of hydrazine groups is 1. The van der Waals surface area contributed by atoms with Crippen LogP contribution in [0.25, 0.3) is 0 Å². The van der Waals surface area contributed by atoms with Gasteiger partial charge in [-0.3, -0.25) is 0 Å². The third kappa shape index (κ3) is 3.45. The molecule has 1 heterocycles. The molecule has 3 N–H and O–H groups in total. The molecule has 0 aromatic carbocycles. The fourth-order valence-corrected chi connectivity index (χ4v) is 0.379. The van der Waals surface area contributed by atoms with E-state index in [4.69, 9.17) is 5.84 Å². The normalized spacial score (nSPS) is 6.90. The Morgan fingerprint density at radius 3 is 2.40 bits per heavy atom. The van der Waals surface area contributed by atoms with Gasteiger partial charge < -0.3 is 5.43 Å². The quantitative estimate of drug-likeness (QED) is 0.494. The van der Waals surface area contributed by atoms with E-state index in [9.17, 15) is 0 Å². The maximum atomic E-state index is 5.00. The molecular formula is C4H8Cl2N4. The minimum Gasteiger partial charge on any atom is -0.307 e. The second kappa shape index (κ2) is 6.54. The fourth-order valence-electron chi connectivity index (χ4n) is 0.379. The number of halogens is 2. The van der Waals surface area contributed by atoms with Crippen molar-refractivity contribution >= 4 is 30.6 Å². The summed E-state index contributed by atoms with van der Waals surface area (Å²) in [5.74, 6) is 5.57. The number of nitrogens with one attached hydrogen (secondary N) is 1. The molecule has 0 aliphatic rings. The van der Waals surface area contributed by atoms with E-state index in [1.54, 1.807) is 18.3 Å². The molecule has 0 saturated heterocycles. The predicted molar refractivity (Wildman–Crippen MR) is 44.3 cm³/mol. The molecule has 4 nitrogen and oxygen atoms in total. The number of anilines is 1. The molecule has 0 radical (unpaired) electrons. The molecule has 0 amide bonds. The van der Waals surface area contributed by atoms with Crippen molar-refractivity contribution in [2.24, 2.45) is 5.84 Å². The van der Waals surface area contributed by atoms with Gasteiger partial charge in [-0.25, -0.2) is 5.84 Å². The minimum atomic E-state index is 0. The van der Waals surface area contributed by atoms with E-state index in [1.807, 2.05) is 0 Å². The van der Waals surface area contributed by atoms with Crippen LogP contribution in [0.5, 0.6) is 0 Å². The van der Waals surface area contributed by atoms with Gasteiger partial charge in [0.15, 0.2) is 5.82 Å². The van der Waals surface area contributed by atoms with Gasteiger partial charge in [0.1, 0.15) is 0 Å². The lowest BCUT2D eigenvalue weighted by molar-refractivity contribution is 1.02. The zero-order valence-corrected chi connectivity index (χ0v) is 6.65. The first kappa shape index (κ1) is 12.1. The van der Waals surface area contributed by atoms with E-state index < -0.39 is 0 Å². The molecule has 1 aromatic rings. The lowest BCUT2D eigenvalue weighted by Gasteiger charge is -1.91. The molecule has 0 aliphatic carbocycles. The summed E-state index contributed by atoms with van der Waals surface area (Å²) in [5, 5.41) is 7.17. The Labute approximate surface area is 71.0 Å². The first-order chi connectivity index (χ1) is 3.93. The summed E-state index contributed by atoms with van der Waals surface area (Å²) < 4.78 is 0. The summed E-state index contributed by atoms with van der Waals surface area (Å²) in [7, 11) is 0. The summed E-state index contributed by atoms with van der Waals surface area (Å²) in [6.07, 6.45) is 1.58. The number of hydrogen-bond acceptors (Lipinski definition) is 4. The molecule has 6 heteroatoms. The monoisotopic (exact) mass is 182 g/mol. The molecule has 0 fully saturated rings. The van der Waals surface area contributed by atoms with Crippen molar-refractivity contribution in [3.63, 3.8) is 0 Å². The minimum absolute atomic E-state index is 0. The van der Waals surface area contributed by atoms with E-state index in [1.165, 1.54) is 0 Å².